The molecule has 1 aliphatic rings. The summed E-state index contributed by atoms with van der Waals surface area (Å²) < 4.78 is 17.0. The van der Waals surface area contributed by atoms with Crippen molar-refractivity contribution < 1.29 is 19.0 Å². The maximum atomic E-state index is 5.96. The van der Waals surface area contributed by atoms with Crippen molar-refractivity contribution in [1.82, 2.24) is 9.88 Å². The van der Waals surface area contributed by atoms with E-state index in [1.165, 1.54) is 0 Å². The van der Waals surface area contributed by atoms with E-state index in [-0.39, 0.29) is 12.4 Å². The molecule has 2 aromatic carbocycles. The molecule has 0 aliphatic heterocycles. The van der Waals surface area contributed by atoms with Crippen molar-refractivity contribution in [3.8, 4) is 40.8 Å². The van der Waals surface area contributed by atoms with Crippen LogP contribution in [-0.4, -0.2) is 63.2 Å². The fourth-order valence-corrected chi connectivity index (χ4v) is 3.73. The number of rotatable bonds is 8. The van der Waals surface area contributed by atoms with Gasteiger partial charge in [0.1, 0.15) is 18.1 Å². The molecule has 174 valence electrons. The Balaban J connectivity index is 0.00000306. The summed E-state index contributed by atoms with van der Waals surface area (Å²) in [4.78, 5) is 11.2. The number of aromatic nitrogens is 1. The van der Waals surface area contributed by atoms with Gasteiger partial charge in [-0.1, -0.05) is 11.1 Å². The van der Waals surface area contributed by atoms with E-state index in [4.69, 9.17) is 25.5 Å². The van der Waals surface area contributed by atoms with Gasteiger partial charge in [0.25, 0.3) is 0 Å². The maximum absolute atomic E-state index is 5.96. The number of terminal acetylenes is 1. The van der Waals surface area contributed by atoms with Gasteiger partial charge in [0.05, 0.1) is 19.9 Å². The van der Waals surface area contributed by atoms with Gasteiger partial charge in [0.2, 0.25) is 0 Å². The SMILES string of the molecule is C#C[C@H](C)ON=C1c2cc(OC)c(OC)cc2-c2[nH]c3ccc(OCCN(C)C)cc3c21.Cl. The topological polar surface area (TPSA) is 68.3 Å². The van der Waals surface area contributed by atoms with E-state index in [2.05, 4.69) is 21.0 Å². The van der Waals surface area contributed by atoms with E-state index < -0.39 is 6.10 Å². The average molecular weight is 470 g/mol. The number of hydrogen-bond acceptors (Lipinski definition) is 6. The second-order valence-electron chi connectivity index (χ2n) is 7.84. The fraction of sp³-hybridized carbons (Fsp3) is 0.320. The molecule has 1 atom stereocenters. The zero-order valence-electron chi connectivity index (χ0n) is 19.4. The largest absolute Gasteiger partial charge is 0.493 e. The molecule has 7 nitrogen and oxygen atoms in total. The number of fused-ring (bicyclic) bond motifs is 5. The van der Waals surface area contributed by atoms with Crippen molar-refractivity contribution >= 4 is 29.0 Å². The first-order chi connectivity index (χ1) is 15.5. The third-order valence-electron chi connectivity index (χ3n) is 5.40. The van der Waals surface area contributed by atoms with Gasteiger partial charge < -0.3 is 28.9 Å². The molecule has 8 heteroatoms. The predicted octanol–water partition coefficient (Wildman–Crippen LogP) is 4.32. The lowest BCUT2D eigenvalue weighted by atomic mass is 10.1. The molecule has 1 aromatic heterocycles. The summed E-state index contributed by atoms with van der Waals surface area (Å²) in [5.41, 5.74) is 5.39. The van der Waals surface area contributed by atoms with E-state index in [1.54, 1.807) is 21.1 Å². The number of ether oxygens (including phenoxy) is 3. The van der Waals surface area contributed by atoms with Crippen molar-refractivity contribution in [3.63, 3.8) is 0 Å². The van der Waals surface area contributed by atoms with Crippen LogP contribution in [0.4, 0.5) is 0 Å². The summed E-state index contributed by atoms with van der Waals surface area (Å²) in [5, 5.41) is 5.45. The molecule has 3 aromatic rings. The molecule has 0 fully saturated rings. The van der Waals surface area contributed by atoms with Gasteiger partial charge in [0.15, 0.2) is 17.6 Å². The number of nitrogens with zero attached hydrogens (tertiary/aromatic N) is 2. The van der Waals surface area contributed by atoms with Gasteiger partial charge in [0, 0.05) is 34.1 Å². The van der Waals surface area contributed by atoms with E-state index in [1.807, 2.05) is 44.4 Å². The molecule has 33 heavy (non-hydrogen) atoms. The summed E-state index contributed by atoms with van der Waals surface area (Å²) in [6.45, 7) is 3.21. The number of aromatic amines is 1. The number of halogens is 1. The summed E-state index contributed by atoms with van der Waals surface area (Å²) in [7, 11) is 7.27. The number of oxime groups is 1. The average Bonchev–Trinajstić information content (AvgIpc) is 3.30. The smallest absolute Gasteiger partial charge is 0.184 e. The molecule has 0 spiro atoms. The van der Waals surface area contributed by atoms with Crippen LogP contribution in [0.1, 0.15) is 18.1 Å². The molecule has 0 bridgehead atoms. The zero-order valence-corrected chi connectivity index (χ0v) is 20.2. The van der Waals surface area contributed by atoms with Crippen molar-refractivity contribution in [2.75, 3.05) is 41.5 Å². The highest BCUT2D eigenvalue weighted by Crippen LogP contribution is 2.46. The van der Waals surface area contributed by atoms with Crippen LogP contribution in [0.15, 0.2) is 35.5 Å². The minimum Gasteiger partial charge on any atom is -0.493 e. The molecule has 1 heterocycles. The monoisotopic (exact) mass is 469 g/mol. The molecular weight excluding hydrogens is 442 g/mol. The van der Waals surface area contributed by atoms with Gasteiger partial charge in [-0.2, -0.15) is 0 Å². The van der Waals surface area contributed by atoms with E-state index in [0.717, 1.165) is 45.6 Å². The van der Waals surface area contributed by atoms with Crippen molar-refractivity contribution in [3.05, 3.63) is 41.5 Å². The Bertz CT molecular complexity index is 1230. The number of likely N-dealkylation sites (N-methyl/N-ethyl adjacent to an activating group) is 1. The van der Waals surface area contributed by atoms with Crippen LogP contribution in [0, 0.1) is 12.3 Å². The summed E-state index contributed by atoms with van der Waals surface area (Å²) >= 11 is 0. The Labute approximate surface area is 200 Å². The predicted molar refractivity (Wildman–Crippen MR) is 133 cm³/mol. The first-order valence-electron chi connectivity index (χ1n) is 10.4. The lowest BCUT2D eigenvalue weighted by Crippen LogP contribution is -2.19. The second-order valence-corrected chi connectivity index (χ2v) is 7.84. The minimum absolute atomic E-state index is 0. The van der Waals surface area contributed by atoms with Crippen LogP contribution in [0.25, 0.3) is 22.2 Å². The highest BCUT2D eigenvalue weighted by atomic mass is 35.5. The van der Waals surface area contributed by atoms with Crippen molar-refractivity contribution in [1.29, 1.82) is 0 Å². The van der Waals surface area contributed by atoms with E-state index >= 15 is 0 Å². The summed E-state index contributed by atoms with van der Waals surface area (Å²) in [6.07, 6.45) is 5.03. The molecule has 1 aliphatic carbocycles. The molecular formula is C25H28ClN3O4. The Morgan fingerprint density at radius 2 is 1.79 bits per heavy atom. The molecule has 0 saturated carbocycles. The third kappa shape index (κ3) is 4.58. The van der Waals surface area contributed by atoms with Gasteiger partial charge in [-0.3, -0.25) is 0 Å². The first-order valence-corrected chi connectivity index (χ1v) is 10.4. The standard InChI is InChI=1S/C25H27N3O4.ClH/c1-7-15(2)32-27-25-18-14-22(30-6)21(29-5)13-17(18)24-23(25)19-12-16(8-9-20(19)26-24)31-11-10-28(3)4;/h1,8-9,12-15,26H,10-11H2,2-6H3;1H/t15-;/m0./s1. The highest BCUT2D eigenvalue weighted by Gasteiger charge is 2.32. The molecule has 1 N–H and O–H groups in total. The van der Waals surface area contributed by atoms with Gasteiger partial charge >= 0.3 is 0 Å². The van der Waals surface area contributed by atoms with Crippen LogP contribution in [0.5, 0.6) is 17.2 Å². The summed E-state index contributed by atoms with van der Waals surface area (Å²) in [5.74, 6) is 4.60. The minimum atomic E-state index is -0.453. The molecule has 0 radical (unpaired) electrons. The van der Waals surface area contributed by atoms with Crippen molar-refractivity contribution in [2.45, 2.75) is 13.0 Å². The number of hydrogen-bond donors (Lipinski definition) is 1. The number of nitrogens with one attached hydrogen (secondary N) is 1. The molecule has 0 unspecified atom stereocenters. The van der Waals surface area contributed by atoms with Gasteiger partial charge in [-0.15, -0.1) is 18.8 Å². The van der Waals surface area contributed by atoms with E-state index in [9.17, 15) is 0 Å². The molecule has 0 amide bonds. The van der Waals surface area contributed by atoms with Crippen molar-refractivity contribution in [2.24, 2.45) is 5.16 Å². The lowest BCUT2D eigenvalue weighted by Gasteiger charge is -2.12. The Hall–Kier alpha value is -3.34. The number of H-pyrrole nitrogens is 1. The lowest BCUT2D eigenvalue weighted by molar-refractivity contribution is 0.113. The van der Waals surface area contributed by atoms with Crippen LogP contribution < -0.4 is 14.2 Å². The van der Waals surface area contributed by atoms with Crippen LogP contribution >= 0.6 is 12.4 Å². The highest BCUT2D eigenvalue weighted by molar-refractivity contribution is 6.30. The Morgan fingerprint density at radius 1 is 1.09 bits per heavy atom. The van der Waals surface area contributed by atoms with Crippen LogP contribution in [0.2, 0.25) is 0 Å². The second kappa shape index (κ2) is 10.1. The molecule has 0 saturated heterocycles. The maximum Gasteiger partial charge on any atom is 0.184 e. The Kier molecular flexibility index (Phi) is 7.42. The third-order valence-corrected chi connectivity index (χ3v) is 5.40. The fourth-order valence-electron chi connectivity index (χ4n) is 3.73. The number of benzene rings is 2. The summed E-state index contributed by atoms with van der Waals surface area (Å²) in [6, 6.07) is 9.87. The quantitative estimate of drug-likeness (QED) is 0.307. The van der Waals surface area contributed by atoms with Crippen LogP contribution in [0.3, 0.4) is 0 Å². The van der Waals surface area contributed by atoms with Crippen LogP contribution in [-0.2, 0) is 4.84 Å². The zero-order chi connectivity index (χ0) is 22.8. The number of methoxy groups -OCH3 is 2. The Morgan fingerprint density at radius 3 is 2.42 bits per heavy atom. The normalized spacial score (nSPS) is 13.8. The first kappa shape index (κ1) is 24.3. The molecule has 4 rings (SSSR count). The van der Waals surface area contributed by atoms with Gasteiger partial charge in [-0.05, 0) is 51.4 Å². The van der Waals surface area contributed by atoms with E-state index in [0.29, 0.717) is 23.8 Å². The van der Waals surface area contributed by atoms with Gasteiger partial charge in [-0.25, -0.2) is 0 Å².